The highest BCUT2D eigenvalue weighted by Crippen LogP contribution is 2.38. The minimum atomic E-state index is -2.94. The Balaban J connectivity index is 1.60. The molecule has 2 aromatic rings. The van der Waals surface area contributed by atoms with Crippen molar-refractivity contribution < 1.29 is 23.0 Å². The van der Waals surface area contributed by atoms with Crippen molar-refractivity contribution >= 4 is 11.8 Å². The van der Waals surface area contributed by atoms with Crippen LogP contribution in [0.1, 0.15) is 25.0 Å². The van der Waals surface area contributed by atoms with E-state index in [9.17, 15) is 8.78 Å². The summed E-state index contributed by atoms with van der Waals surface area (Å²) in [5.74, 6) is 2.33. The highest BCUT2D eigenvalue weighted by atomic mass is 19.3. The number of fused-ring (bicyclic) bond motifs is 1. The van der Waals surface area contributed by atoms with Crippen LogP contribution >= 0.6 is 0 Å². The number of hydrogen-bond acceptors (Lipinski definition) is 6. The molecule has 0 saturated carbocycles. The predicted octanol–water partition coefficient (Wildman–Crippen LogP) is 3.12. The average Bonchev–Trinajstić information content (AvgIpc) is 3.22. The number of anilines is 1. The molecule has 0 aliphatic carbocycles. The molecule has 1 aliphatic heterocycles. The summed E-state index contributed by atoms with van der Waals surface area (Å²) in [5, 5.41) is 6.28. The van der Waals surface area contributed by atoms with Crippen LogP contribution in [0.4, 0.5) is 14.6 Å². The first-order chi connectivity index (χ1) is 15.0. The molecule has 10 heteroatoms. The van der Waals surface area contributed by atoms with Crippen LogP contribution in [0.25, 0.3) is 0 Å². The first-order valence-electron chi connectivity index (χ1n) is 10.1. The van der Waals surface area contributed by atoms with Crippen molar-refractivity contribution in [3.05, 3.63) is 41.6 Å². The van der Waals surface area contributed by atoms with Crippen molar-refractivity contribution in [2.24, 2.45) is 4.99 Å². The van der Waals surface area contributed by atoms with Gasteiger partial charge in [-0.3, -0.25) is 4.99 Å². The molecule has 0 unspecified atom stereocenters. The second-order valence-corrected chi connectivity index (χ2v) is 6.67. The molecule has 31 heavy (non-hydrogen) atoms. The minimum Gasteiger partial charge on any atom is -0.454 e. The van der Waals surface area contributed by atoms with Gasteiger partial charge in [0, 0.05) is 51.1 Å². The topological polar surface area (TPSA) is 80.2 Å². The number of nitrogens with zero attached hydrogens (tertiary/aromatic N) is 3. The predicted molar refractivity (Wildman–Crippen MR) is 114 cm³/mol. The number of aliphatic imine (C=N–C) groups is 1. The lowest BCUT2D eigenvalue weighted by atomic mass is 10.1. The maximum atomic E-state index is 12.8. The van der Waals surface area contributed by atoms with Crippen LogP contribution in [-0.4, -0.2) is 44.5 Å². The fraction of sp³-hybridized carbons (Fsp3) is 0.429. The van der Waals surface area contributed by atoms with E-state index in [2.05, 4.69) is 44.1 Å². The summed E-state index contributed by atoms with van der Waals surface area (Å²) in [6.45, 7) is 3.80. The van der Waals surface area contributed by atoms with Gasteiger partial charge in [0.25, 0.3) is 0 Å². The smallest absolute Gasteiger partial charge is 0.387 e. The van der Waals surface area contributed by atoms with E-state index in [1.165, 1.54) is 6.07 Å². The highest BCUT2D eigenvalue weighted by Gasteiger charge is 2.20. The summed E-state index contributed by atoms with van der Waals surface area (Å²) < 4.78 is 40.8. The zero-order chi connectivity index (χ0) is 22.2. The van der Waals surface area contributed by atoms with Gasteiger partial charge in [0.05, 0.1) is 0 Å². The van der Waals surface area contributed by atoms with Gasteiger partial charge in [0.2, 0.25) is 6.79 Å². The largest absolute Gasteiger partial charge is 0.454 e. The number of hydrogen-bond donors (Lipinski definition) is 2. The molecule has 0 atom stereocenters. The molecule has 3 rings (SSSR count). The molecule has 2 N–H and O–H groups in total. The summed E-state index contributed by atoms with van der Waals surface area (Å²) in [6.07, 6.45) is 1.82. The van der Waals surface area contributed by atoms with Gasteiger partial charge in [0.15, 0.2) is 17.5 Å². The maximum Gasteiger partial charge on any atom is 0.387 e. The van der Waals surface area contributed by atoms with E-state index < -0.39 is 6.61 Å². The zero-order valence-corrected chi connectivity index (χ0v) is 17.8. The van der Waals surface area contributed by atoms with Gasteiger partial charge in [-0.25, -0.2) is 4.98 Å². The second kappa shape index (κ2) is 10.6. The van der Waals surface area contributed by atoms with Gasteiger partial charge in [-0.05, 0) is 31.5 Å². The minimum absolute atomic E-state index is 0.0263. The molecule has 0 amide bonds. The Kier molecular flexibility index (Phi) is 7.69. The van der Waals surface area contributed by atoms with Gasteiger partial charge < -0.3 is 29.7 Å². The van der Waals surface area contributed by atoms with Gasteiger partial charge >= 0.3 is 6.61 Å². The molecular weight excluding hydrogens is 408 g/mol. The van der Waals surface area contributed by atoms with Crippen LogP contribution in [0.2, 0.25) is 0 Å². The monoisotopic (exact) mass is 435 g/mol. The molecule has 1 aliphatic rings. The summed E-state index contributed by atoms with van der Waals surface area (Å²) in [6, 6.07) is 7.02. The van der Waals surface area contributed by atoms with E-state index in [0.717, 1.165) is 24.5 Å². The van der Waals surface area contributed by atoms with Crippen LogP contribution < -0.4 is 29.7 Å². The quantitative estimate of drug-likeness (QED) is 0.463. The Labute approximate surface area is 180 Å². The molecule has 0 bridgehead atoms. The lowest BCUT2D eigenvalue weighted by Crippen LogP contribution is -2.36. The fourth-order valence-corrected chi connectivity index (χ4v) is 3.15. The van der Waals surface area contributed by atoms with Crippen molar-refractivity contribution in [1.82, 2.24) is 15.6 Å². The molecule has 168 valence electrons. The summed E-state index contributed by atoms with van der Waals surface area (Å²) >= 11 is 0. The van der Waals surface area contributed by atoms with E-state index >= 15 is 0 Å². The Hall–Kier alpha value is -3.30. The third-order valence-corrected chi connectivity index (χ3v) is 4.80. The fourth-order valence-electron chi connectivity index (χ4n) is 3.15. The number of guanidine groups is 1. The maximum absolute atomic E-state index is 12.8. The summed E-state index contributed by atoms with van der Waals surface area (Å²) in [5.41, 5.74) is 1.49. The van der Waals surface area contributed by atoms with Crippen LogP contribution in [0.5, 0.6) is 17.2 Å². The number of alkyl halides is 2. The number of nitrogens with one attached hydrogen (secondary N) is 2. The average molecular weight is 435 g/mol. The second-order valence-electron chi connectivity index (χ2n) is 6.67. The third-order valence-electron chi connectivity index (χ3n) is 4.80. The van der Waals surface area contributed by atoms with Gasteiger partial charge in [-0.15, -0.1) is 0 Å². The van der Waals surface area contributed by atoms with E-state index in [4.69, 9.17) is 9.47 Å². The van der Waals surface area contributed by atoms with Crippen molar-refractivity contribution in [2.75, 3.05) is 31.8 Å². The number of pyridine rings is 1. The van der Waals surface area contributed by atoms with Crippen molar-refractivity contribution in [3.63, 3.8) is 0 Å². The standard InChI is InChI=1S/C21H27F2N5O3/c1-4-28(5-2)19-7-6-14(10-25-19)11-26-21(24-3)27-12-15-8-17-18(30-13-29-17)9-16(15)31-20(22)23/h6-10,20H,4-5,11-13H2,1-3H3,(H2,24,26,27). The van der Waals surface area contributed by atoms with Gasteiger partial charge in [0.1, 0.15) is 11.6 Å². The number of benzene rings is 1. The first-order valence-corrected chi connectivity index (χ1v) is 10.1. The van der Waals surface area contributed by atoms with Crippen molar-refractivity contribution in [1.29, 1.82) is 0 Å². The van der Waals surface area contributed by atoms with E-state index in [1.807, 2.05) is 18.3 Å². The normalized spacial score (nSPS) is 12.8. The van der Waals surface area contributed by atoms with Gasteiger partial charge in [-0.2, -0.15) is 8.78 Å². The van der Waals surface area contributed by atoms with Gasteiger partial charge in [-0.1, -0.05) is 6.07 Å². The molecule has 0 radical (unpaired) electrons. The van der Waals surface area contributed by atoms with Crippen LogP contribution in [-0.2, 0) is 13.1 Å². The Morgan fingerprint density at radius 1 is 1.16 bits per heavy atom. The lowest BCUT2D eigenvalue weighted by molar-refractivity contribution is -0.0505. The molecule has 0 saturated heterocycles. The molecule has 0 fully saturated rings. The molecule has 0 spiro atoms. The molecule has 1 aromatic carbocycles. The Morgan fingerprint density at radius 3 is 2.48 bits per heavy atom. The number of rotatable bonds is 9. The first kappa shape index (κ1) is 22.4. The van der Waals surface area contributed by atoms with Crippen molar-refractivity contribution in [2.45, 2.75) is 33.5 Å². The number of aromatic nitrogens is 1. The summed E-state index contributed by atoms with van der Waals surface area (Å²) in [7, 11) is 1.63. The SMILES string of the molecule is CCN(CC)c1ccc(CNC(=NC)NCc2cc3c(cc2OC(F)F)OCO3)cn1. The molecular formula is C21H27F2N5O3. The molecule has 1 aromatic heterocycles. The van der Waals surface area contributed by atoms with Crippen LogP contribution in [0, 0.1) is 0 Å². The van der Waals surface area contributed by atoms with Crippen molar-refractivity contribution in [3.8, 4) is 17.2 Å². The third kappa shape index (κ3) is 5.87. The van der Waals surface area contributed by atoms with E-state index in [-0.39, 0.29) is 19.1 Å². The lowest BCUT2D eigenvalue weighted by Gasteiger charge is -2.19. The van der Waals surface area contributed by atoms with Crippen LogP contribution in [0.15, 0.2) is 35.5 Å². The zero-order valence-electron chi connectivity index (χ0n) is 17.8. The molecule has 2 heterocycles. The molecule has 8 nitrogen and oxygen atoms in total. The Bertz CT molecular complexity index is 889. The Morgan fingerprint density at radius 2 is 1.87 bits per heavy atom. The number of ether oxygens (including phenoxy) is 3. The number of halogens is 2. The highest BCUT2D eigenvalue weighted by molar-refractivity contribution is 5.79. The van der Waals surface area contributed by atoms with E-state index in [0.29, 0.717) is 29.6 Å². The van der Waals surface area contributed by atoms with E-state index in [1.54, 1.807) is 13.1 Å². The summed E-state index contributed by atoms with van der Waals surface area (Å²) in [4.78, 5) is 10.8. The van der Waals surface area contributed by atoms with Crippen LogP contribution in [0.3, 0.4) is 0 Å².